The van der Waals surface area contributed by atoms with Crippen molar-refractivity contribution in [2.24, 2.45) is 0 Å². The summed E-state index contributed by atoms with van der Waals surface area (Å²) in [4.78, 5) is 21.4. The number of hydrogen-bond donors (Lipinski definition) is 1. The Morgan fingerprint density at radius 3 is 2.70 bits per heavy atom. The van der Waals surface area contributed by atoms with Crippen molar-refractivity contribution < 1.29 is 14.4 Å². The highest BCUT2D eigenvalue weighted by Gasteiger charge is 2.22. The molecule has 1 N–H and O–H groups in total. The van der Waals surface area contributed by atoms with Crippen LogP contribution in [0.25, 0.3) is 16.3 Å². The van der Waals surface area contributed by atoms with Crippen LogP contribution in [0.2, 0.25) is 0 Å². The molecule has 6 heteroatoms. The van der Waals surface area contributed by atoms with Gasteiger partial charge in [0.1, 0.15) is 13.1 Å². The van der Waals surface area contributed by atoms with Crippen LogP contribution in [0.4, 0.5) is 5.13 Å². The van der Waals surface area contributed by atoms with Gasteiger partial charge in [-0.1, -0.05) is 47.7 Å². The summed E-state index contributed by atoms with van der Waals surface area (Å²) in [5.74, 6) is -0.0278. The van der Waals surface area contributed by atoms with E-state index in [4.69, 9.17) is 9.72 Å². The van der Waals surface area contributed by atoms with E-state index in [0.29, 0.717) is 6.54 Å². The van der Waals surface area contributed by atoms with E-state index in [2.05, 4.69) is 26.0 Å². The maximum absolute atomic E-state index is 13.2. The number of carbonyl (C=O) groups excluding carboxylic acids is 1. The normalized spacial score (nSPS) is 15.1. The number of morpholine rings is 1. The first-order chi connectivity index (χ1) is 14.6. The van der Waals surface area contributed by atoms with E-state index >= 15 is 0 Å². The molecule has 1 aliphatic heterocycles. The fourth-order valence-electron chi connectivity index (χ4n) is 3.63. The number of quaternary nitrogens is 1. The van der Waals surface area contributed by atoms with E-state index in [1.54, 1.807) is 17.4 Å². The summed E-state index contributed by atoms with van der Waals surface area (Å²) in [6.45, 7) is 9.28. The third-order valence-electron chi connectivity index (χ3n) is 5.68. The van der Waals surface area contributed by atoms with Crippen LogP contribution in [-0.4, -0.2) is 50.3 Å². The Balaban J connectivity index is 1.60. The molecule has 0 spiro atoms. The number of carbonyl (C=O) groups is 1. The average molecular weight is 423 g/mol. The minimum Gasteiger partial charge on any atom is -0.370 e. The number of nitrogens with one attached hydrogen (secondary N) is 1. The second-order valence-corrected chi connectivity index (χ2v) is 8.71. The Morgan fingerprint density at radius 2 is 1.93 bits per heavy atom. The van der Waals surface area contributed by atoms with Gasteiger partial charge in [-0.2, -0.15) is 0 Å². The average Bonchev–Trinajstić information content (AvgIpc) is 3.21. The highest BCUT2D eigenvalue weighted by Crippen LogP contribution is 2.32. The number of rotatable bonds is 6. The van der Waals surface area contributed by atoms with E-state index in [9.17, 15) is 4.79 Å². The summed E-state index contributed by atoms with van der Waals surface area (Å²) < 4.78 is 6.59. The molecule has 2 heterocycles. The number of ether oxygens (including phenoxy) is 1. The number of aryl methyl sites for hydroxylation is 2. The van der Waals surface area contributed by atoms with Crippen molar-refractivity contribution in [3.8, 4) is 0 Å². The number of aromatic nitrogens is 1. The van der Waals surface area contributed by atoms with Crippen LogP contribution in [0.3, 0.4) is 0 Å². The zero-order valence-electron chi connectivity index (χ0n) is 17.6. The molecule has 5 nitrogen and oxygen atoms in total. The lowest BCUT2D eigenvalue weighted by Gasteiger charge is -2.26. The predicted molar refractivity (Wildman–Crippen MR) is 123 cm³/mol. The molecule has 0 atom stereocenters. The van der Waals surface area contributed by atoms with Crippen LogP contribution in [0, 0.1) is 13.8 Å². The number of thiazole rings is 1. The van der Waals surface area contributed by atoms with Crippen molar-refractivity contribution in [2.75, 3.05) is 44.3 Å². The van der Waals surface area contributed by atoms with E-state index in [0.717, 1.165) is 53.8 Å². The van der Waals surface area contributed by atoms with E-state index in [-0.39, 0.29) is 5.91 Å². The molecule has 0 saturated carbocycles. The molecule has 0 bridgehead atoms. The molecule has 4 rings (SSSR count). The number of anilines is 1. The third kappa shape index (κ3) is 4.78. The molecular weight excluding hydrogens is 394 g/mol. The molecule has 30 heavy (non-hydrogen) atoms. The Morgan fingerprint density at radius 1 is 1.17 bits per heavy atom. The van der Waals surface area contributed by atoms with Crippen molar-refractivity contribution in [2.45, 2.75) is 13.8 Å². The van der Waals surface area contributed by atoms with Gasteiger partial charge in [-0.05, 0) is 42.7 Å². The van der Waals surface area contributed by atoms with Crippen LogP contribution in [0.15, 0.2) is 48.5 Å². The van der Waals surface area contributed by atoms with E-state index in [1.165, 1.54) is 16.0 Å². The van der Waals surface area contributed by atoms with Crippen molar-refractivity contribution >= 4 is 38.7 Å². The highest BCUT2D eigenvalue weighted by atomic mass is 32.1. The lowest BCUT2D eigenvalue weighted by Crippen LogP contribution is -3.14. The monoisotopic (exact) mass is 422 g/mol. The first-order valence-corrected chi connectivity index (χ1v) is 11.3. The SMILES string of the molecule is Cc1ccc2sc(N(CC[NH+]3CCOCC3)C(=O)/C=C/c3ccccc3)nc2c1C. The van der Waals surface area contributed by atoms with Crippen molar-refractivity contribution in [1.82, 2.24) is 4.98 Å². The third-order valence-corrected chi connectivity index (χ3v) is 6.72. The van der Waals surface area contributed by atoms with Gasteiger partial charge in [0.05, 0.1) is 36.5 Å². The molecule has 1 saturated heterocycles. The minimum absolute atomic E-state index is 0.0278. The summed E-state index contributed by atoms with van der Waals surface area (Å²) in [6, 6.07) is 14.1. The smallest absolute Gasteiger partial charge is 0.252 e. The highest BCUT2D eigenvalue weighted by molar-refractivity contribution is 7.22. The van der Waals surface area contributed by atoms with Gasteiger partial charge < -0.3 is 9.64 Å². The first-order valence-electron chi connectivity index (χ1n) is 10.4. The van der Waals surface area contributed by atoms with Crippen LogP contribution >= 0.6 is 11.3 Å². The minimum atomic E-state index is -0.0278. The number of hydrogen-bond acceptors (Lipinski definition) is 4. The molecule has 1 amide bonds. The molecule has 0 aliphatic carbocycles. The van der Waals surface area contributed by atoms with Gasteiger partial charge in [0, 0.05) is 6.08 Å². The molecule has 1 aromatic heterocycles. The quantitative estimate of drug-likeness (QED) is 0.622. The lowest BCUT2D eigenvalue weighted by molar-refractivity contribution is -0.906. The summed E-state index contributed by atoms with van der Waals surface area (Å²) in [5.41, 5.74) is 4.42. The van der Waals surface area contributed by atoms with Crippen LogP contribution in [0.5, 0.6) is 0 Å². The molecular formula is C24H28N3O2S+. The summed E-state index contributed by atoms with van der Waals surface area (Å²) in [7, 11) is 0. The zero-order chi connectivity index (χ0) is 20.9. The van der Waals surface area contributed by atoms with Gasteiger partial charge >= 0.3 is 0 Å². The van der Waals surface area contributed by atoms with Gasteiger partial charge in [0.2, 0.25) is 0 Å². The first kappa shape index (κ1) is 20.7. The number of amides is 1. The van der Waals surface area contributed by atoms with Crippen LogP contribution in [0.1, 0.15) is 16.7 Å². The molecule has 1 aliphatic rings. The molecule has 0 radical (unpaired) electrons. The van der Waals surface area contributed by atoms with E-state index < -0.39 is 0 Å². The van der Waals surface area contributed by atoms with Gasteiger partial charge in [-0.3, -0.25) is 9.69 Å². The second-order valence-electron chi connectivity index (χ2n) is 7.70. The molecule has 3 aromatic rings. The summed E-state index contributed by atoms with van der Waals surface area (Å²) in [5, 5.41) is 0.772. The summed E-state index contributed by atoms with van der Waals surface area (Å²) >= 11 is 1.59. The van der Waals surface area contributed by atoms with Gasteiger partial charge in [0.25, 0.3) is 5.91 Å². The van der Waals surface area contributed by atoms with Crippen molar-refractivity contribution in [3.63, 3.8) is 0 Å². The van der Waals surface area contributed by atoms with Crippen molar-refractivity contribution in [1.29, 1.82) is 0 Å². The Hall–Kier alpha value is -2.54. The molecule has 0 unspecified atom stereocenters. The lowest BCUT2D eigenvalue weighted by atomic mass is 10.1. The van der Waals surface area contributed by atoms with Gasteiger partial charge in [-0.15, -0.1) is 0 Å². The molecule has 1 fully saturated rings. The van der Waals surface area contributed by atoms with Crippen LogP contribution < -0.4 is 9.80 Å². The Labute approximate surface area is 181 Å². The maximum Gasteiger partial charge on any atom is 0.252 e. The van der Waals surface area contributed by atoms with Gasteiger partial charge in [-0.25, -0.2) is 4.98 Å². The largest absolute Gasteiger partial charge is 0.370 e. The Kier molecular flexibility index (Phi) is 6.57. The van der Waals surface area contributed by atoms with Gasteiger partial charge in [0.15, 0.2) is 5.13 Å². The number of nitrogens with zero attached hydrogens (tertiary/aromatic N) is 2. The zero-order valence-corrected chi connectivity index (χ0v) is 18.4. The van der Waals surface area contributed by atoms with Crippen molar-refractivity contribution in [3.05, 3.63) is 65.2 Å². The number of benzene rings is 2. The predicted octanol–water partition coefficient (Wildman–Crippen LogP) is 2.87. The summed E-state index contributed by atoms with van der Waals surface area (Å²) in [6.07, 6.45) is 3.54. The standard InChI is InChI=1S/C24H27N3O2S/c1-18-8-10-21-23(19(18)2)25-24(30-21)27(13-12-26-14-16-29-17-15-26)22(28)11-9-20-6-4-3-5-7-20/h3-11H,12-17H2,1-2H3/p+1/b11-9+. The fraction of sp³-hybridized carbons (Fsp3) is 0.333. The van der Waals surface area contributed by atoms with E-state index in [1.807, 2.05) is 41.3 Å². The Bertz CT molecular complexity index is 1040. The maximum atomic E-state index is 13.2. The molecule has 156 valence electrons. The number of fused-ring (bicyclic) bond motifs is 1. The fourth-order valence-corrected chi connectivity index (χ4v) is 4.69. The second kappa shape index (κ2) is 9.51. The molecule has 2 aromatic carbocycles. The topological polar surface area (TPSA) is 46.9 Å². The van der Waals surface area contributed by atoms with Crippen LogP contribution in [-0.2, 0) is 9.53 Å².